The van der Waals surface area contributed by atoms with Gasteiger partial charge in [-0.25, -0.2) is 0 Å². The van der Waals surface area contributed by atoms with E-state index in [1.807, 2.05) is 0 Å². The second-order valence-electron chi connectivity index (χ2n) is 4.32. The standard InChI is InChI=1S/C13H15N3O5S/c1-16(5-6-17)9-10(8-14)13(18)15-11-3-2-4-12(7-11)22(19,20)21/h2-4,7,9,17H,5-6H2,1H3,(H,15,18)(H,19,20,21)/b10-9-. The van der Waals surface area contributed by atoms with Gasteiger partial charge in [-0.15, -0.1) is 0 Å². The van der Waals surface area contributed by atoms with Crippen LogP contribution in [0.1, 0.15) is 0 Å². The fourth-order valence-electron chi connectivity index (χ4n) is 1.51. The number of hydrogen-bond donors (Lipinski definition) is 3. The van der Waals surface area contributed by atoms with Crippen molar-refractivity contribution in [3.8, 4) is 6.07 Å². The molecule has 9 heteroatoms. The number of hydrogen-bond acceptors (Lipinski definition) is 6. The summed E-state index contributed by atoms with van der Waals surface area (Å²) >= 11 is 0. The molecule has 0 saturated heterocycles. The Bertz CT molecular complexity index is 721. The van der Waals surface area contributed by atoms with E-state index in [0.29, 0.717) is 0 Å². The van der Waals surface area contributed by atoms with Gasteiger partial charge in [0.2, 0.25) is 0 Å². The van der Waals surface area contributed by atoms with Crippen molar-refractivity contribution in [2.45, 2.75) is 4.90 Å². The molecule has 0 aliphatic carbocycles. The minimum atomic E-state index is -4.38. The van der Waals surface area contributed by atoms with E-state index >= 15 is 0 Å². The molecule has 1 amide bonds. The number of nitriles is 1. The van der Waals surface area contributed by atoms with Crippen molar-refractivity contribution in [2.75, 3.05) is 25.5 Å². The summed E-state index contributed by atoms with van der Waals surface area (Å²) in [4.78, 5) is 13.0. The van der Waals surface area contributed by atoms with E-state index in [9.17, 15) is 13.2 Å². The van der Waals surface area contributed by atoms with E-state index in [1.165, 1.54) is 29.3 Å². The summed E-state index contributed by atoms with van der Waals surface area (Å²) in [5, 5.41) is 20.1. The van der Waals surface area contributed by atoms with Gasteiger partial charge in [0, 0.05) is 25.5 Å². The fourth-order valence-corrected chi connectivity index (χ4v) is 2.04. The molecule has 0 spiro atoms. The maximum atomic E-state index is 11.9. The topological polar surface area (TPSA) is 131 Å². The molecule has 1 aromatic carbocycles. The van der Waals surface area contributed by atoms with Gasteiger partial charge < -0.3 is 15.3 Å². The molecular formula is C13H15N3O5S. The molecule has 1 aromatic rings. The van der Waals surface area contributed by atoms with Crippen molar-refractivity contribution in [1.82, 2.24) is 4.90 Å². The Kier molecular flexibility index (Phi) is 6.06. The number of nitrogens with zero attached hydrogens (tertiary/aromatic N) is 2. The maximum absolute atomic E-state index is 11.9. The number of rotatable bonds is 6. The van der Waals surface area contributed by atoms with E-state index in [-0.39, 0.29) is 29.3 Å². The molecule has 0 atom stereocenters. The van der Waals surface area contributed by atoms with Crippen molar-refractivity contribution in [3.63, 3.8) is 0 Å². The van der Waals surface area contributed by atoms with Gasteiger partial charge in [-0.1, -0.05) is 6.07 Å². The van der Waals surface area contributed by atoms with Crippen LogP contribution in [-0.4, -0.2) is 49.1 Å². The lowest BCUT2D eigenvalue weighted by Crippen LogP contribution is -2.20. The molecule has 0 aliphatic rings. The van der Waals surface area contributed by atoms with Crippen LogP contribution < -0.4 is 5.32 Å². The summed E-state index contributed by atoms with van der Waals surface area (Å²) in [6.07, 6.45) is 1.26. The third-order valence-electron chi connectivity index (χ3n) is 2.56. The summed E-state index contributed by atoms with van der Waals surface area (Å²) < 4.78 is 31.0. The lowest BCUT2D eigenvalue weighted by Gasteiger charge is -2.12. The van der Waals surface area contributed by atoms with Gasteiger partial charge in [0.1, 0.15) is 11.6 Å². The monoisotopic (exact) mass is 325 g/mol. The van der Waals surface area contributed by atoms with Crippen molar-refractivity contribution in [1.29, 1.82) is 5.26 Å². The average molecular weight is 325 g/mol. The molecule has 0 radical (unpaired) electrons. The number of aliphatic hydroxyl groups is 1. The number of carbonyl (C=O) groups excluding carboxylic acids is 1. The molecule has 0 heterocycles. The molecule has 0 bridgehead atoms. The second kappa shape index (κ2) is 7.56. The van der Waals surface area contributed by atoms with E-state index in [0.717, 1.165) is 6.07 Å². The third-order valence-corrected chi connectivity index (χ3v) is 3.41. The highest BCUT2D eigenvalue weighted by atomic mass is 32.2. The Labute approximate surface area is 128 Å². The minimum absolute atomic E-state index is 0.117. The van der Waals surface area contributed by atoms with Crippen LogP contribution in [0.5, 0.6) is 0 Å². The smallest absolute Gasteiger partial charge is 0.294 e. The number of nitrogens with one attached hydrogen (secondary N) is 1. The second-order valence-corrected chi connectivity index (χ2v) is 5.74. The number of benzene rings is 1. The Hall–Kier alpha value is -2.41. The Morgan fingerprint density at radius 1 is 1.50 bits per heavy atom. The summed E-state index contributed by atoms with van der Waals surface area (Å²) in [5.74, 6) is -0.736. The quantitative estimate of drug-likeness (QED) is 0.387. The van der Waals surface area contributed by atoms with Crippen LogP contribution in [0.4, 0.5) is 5.69 Å². The van der Waals surface area contributed by atoms with Crippen molar-refractivity contribution >= 4 is 21.7 Å². The molecule has 1 rings (SSSR count). The van der Waals surface area contributed by atoms with E-state index < -0.39 is 16.0 Å². The summed E-state index contributed by atoms with van der Waals surface area (Å²) in [7, 11) is -2.80. The highest BCUT2D eigenvalue weighted by Gasteiger charge is 2.13. The van der Waals surface area contributed by atoms with E-state index in [4.69, 9.17) is 14.9 Å². The summed E-state index contributed by atoms with van der Waals surface area (Å²) in [6, 6.07) is 6.71. The first-order valence-corrected chi connectivity index (χ1v) is 7.54. The van der Waals surface area contributed by atoms with Crippen LogP contribution in [0.15, 0.2) is 40.9 Å². The van der Waals surface area contributed by atoms with E-state index in [1.54, 1.807) is 13.1 Å². The van der Waals surface area contributed by atoms with Gasteiger partial charge in [-0.3, -0.25) is 9.35 Å². The Balaban J connectivity index is 2.95. The lowest BCUT2D eigenvalue weighted by molar-refractivity contribution is -0.112. The number of aliphatic hydroxyl groups excluding tert-OH is 1. The molecular weight excluding hydrogens is 310 g/mol. The first-order valence-electron chi connectivity index (χ1n) is 6.10. The molecule has 0 fully saturated rings. The lowest BCUT2D eigenvalue weighted by atomic mass is 10.2. The van der Waals surface area contributed by atoms with Gasteiger partial charge in [0.25, 0.3) is 16.0 Å². The van der Waals surface area contributed by atoms with Gasteiger partial charge in [-0.05, 0) is 18.2 Å². The van der Waals surface area contributed by atoms with Gasteiger partial charge >= 0.3 is 0 Å². The fraction of sp³-hybridized carbons (Fsp3) is 0.231. The minimum Gasteiger partial charge on any atom is -0.395 e. The van der Waals surface area contributed by atoms with Crippen LogP contribution in [0, 0.1) is 11.3 Å². The van der Waals surface area contributed by atoms with Gasteiger partial charge in [-0.2, -0.15) is 13.7 Å². The largest absolute Gasteiger partial charge is 0.395 e. The summed E-state index contributed by atoms with van der Waals surface area (Å²) in [5.41, 5.74) is -0.0979. The number of anilines is 1. The SMILES string of the molecule is CN(/C=C(/C#N)C(=O)Nc1cccc(S(=O)(=O)O)c1)CCO. The summed E-state index contributed by atoms with van der Waals surface area (Å²) in [6.45, 7) is 0.112. The molecule has 0 saturated carbocycles. The van der Waals surface area contributed by atoms with Crippen LogP contribution >= 0.6 is 0 Å². The number of likely N-dealkylation sites (N-methyl/N-ethyl adjacent to an activating group) is 1. The normalized spacial score (nSPS) is 11.6. The van der Waals surface area contributed by atoms with Crippen LogP contribution in [-0.2, 0) is 14.9 Å². The van der Waals surface area contributed by atoms with E-state index in [2.05, 4.69) is 5.32 Å². The van der Waals surface area contributed by atoms with Gasteiger partial charge in [0.05, 0.1) is 11.5 Å². The first-order chi connectivity index (χ1) is 10.3. The van der Waals surface area contributed by atoms with Gasteiger partial charge in [0.15, 0.2) is 0 Å². The predicted octanol–water partition coefficient (Wildman–Crippen LogP) is 0.203. The average Bonchev–Trinajstić information content (AvgIpc) is 2.44. The molecule has 118 valence electrons. The molecule has 3 N–H and O–H groups in total. The zero-order chi connectivity index (χ0) is 16.8. The molecule has 0 aromatic heterocycles. The molecule has 8 nitrogen and oxygen atoms in total. The Morgan fingerprint density at radius 2 is 2.18 bits per heavy atom. The molecule has 0 aliphatic heterocycles. The third kappa shape index (κ3) is 5.17. The van der Waals surface area contributed by atoms with Crippen LogP contribution in [0.2, 0.25) is 0 Å². The van der Waals surface area contributed by atoms with Crippen LogP contribution in [0.25, 0.3) is 0 Å². The number of carbonyl (C=O) groups is 1. The van der Waals surface area contributed by atoms with Crippen molar-refractivity contribution in [3.05, 3.63) is 36.0 Å². The van der Waals surface area contributed by atoms with Crippen molar-refractivity contribution < 1.29 is 22.9 Å². The first kappa shape index (κ1) is 17.6. The molecule has 22 heavy (non-hydrogen) atoms. The van der Waals surface area contributed by atoms with Crippen molar-refractivity contribution in [2.24, 2.45) is 0 Å². The Morgan fingerprint density at radius 3 is 2.73 bits per heavy atom. The zero-order valence-corrected chi connectivity index (χ0v) is 12.5. The predicted molar refractivity (Wildman–Crippen MR) is 78.3 cm³/mol. The number of amides is 1. The molecule has 0 unspecified atom stereocenters. The maximum Gasteiger partial charge on any atom is 0.294 e. The highest BCUT2D eigenvalue weighted by molar-refractivity contribution is 7.85. The zero-order valence-electron chi connectivity index (χ0n) is 11.7. The van der Waals surface area contributed by atoms with Crippen LogP contribution in [0.3, 0.4) is 0 Å². The highest BCUT2D eigenvalue weighted by Crippen LogP contribution is 2.15.